The molecule has 0 bridgehead atoms. The molecule has 31 heavy (non-hydrogen) atoms. The van der Waals surface area contributed by atoms with E-state index >= 15 is 0 Å². The largest absolute Gasteiger partial charge is 0.462 e. The molecule has 0 unspecified atom stereocenters. The highest BCUT2D eigenvalue weighted by Gasteiger charge is 2.53. The molecule has 158 valence electrons. The third-order valence-electron chi connectivity index (χ3n) is 5.29. The molecule has 4 rings (SSSR count). The Morgan fingerprint density at radius 3 is 2.32 bits per heavy atom. The zero-order valence-corrected chi connectivity index (χ0v) is 17.4. The van der Waals surface area contributed by atoms with E-state index in [9.17, 15) is 14.4 Å². The summed E-state index contributed by atoms with van der Waals surface area (Å²) in [6.45, 7) is 3.65. The van der Waals surface area contributed by atoms with Crippen molar-refractivity contribution in [3.05, 3.63) is 89.4 Å². The smallest absolute Gasteiger partial charge is 0.316 e. The van der Waals surface area contributed by atoms with Gasteiger partial charge in [-0.3, -0.25) is 14.4 Å². The van der Waals surface area contributed by atoms with Crippen LogP contribution in [0, 0.1) is 0 Å². The van der Waals surface area contributed by atoms with E-state index in [1.54, 1.807) is 54.6 Å². The molecule has 6 nitrogen and oxygen atoms in total. The van der Waals surface area contributed by atoms with Crippen LogP contribution in [0.15, 0.2) is 71.3 Å². The first-order valence-electron chi connectivity index (χ1n) is 10.2. The van der Waals surface area contributed by atoms with Gasteiger partial charge in [0.15, 0.2) is 11.5 Å². The van der Waals surface area contributed by atoms with Gasteiger partial charge >= 0.3 is 5.97 Å². The standard InChI is InChI=1S/C25H23NO5/c1-16(2)31-24(29)25(11-12-25)19-8-3-6-17(14-19)22(27)18-7-4-9-20(15-18)26-23(28)21-10-5-13-30-21/h3-10,13-16H,11-12H2,1-2H3,(H,26,28). The Hall–Kier alpha value is -3.67. The van der Waals surface area contributed by atoms with Crippen LogP contribution in [0.4, 0.5) is 5.69 Å². The molecular weight excluding hydrogens is 394 g/mol. The number of hydrogen-bond donors (Lipinski definition) is 1. The first kappa shape index (κ1) is 20.6. The Morgan fingerprint density at radius 1 is 0.968 bits per heavy atom. The van der Waals surface area contributed by atoms with Crippen molar-refractivity contribution in [3.63, 3.8) is 0 Å². The van der Waals surface area contributed by atoms with Crippen LogP contribution in [0.2, 0.25) is 0 Å². The number of carbonyl (C=O) groups is 3. The number of amides is 1. The second kappa shape index (κ2) is 8.22. The fourth-order valence-corrected chi connectivity index (χ4v) is 3.53. The number of ketones is 1. The molecule has 1 aliphatic carbocycles. The van der Waals surface area contributed by atoms with E-state index in [-0.39, 0.29) is 23.6 Å². The Bertz CT molecular complexity index is 1130. The van der Waals surface area contributed by atoms with Gasteiger partial charge in [0.2, 0.25) is 0 Å². The van der Waals surface area contributed by atoms with E-state index in [1.807, 2.05) is 19.9 Å². The van der Waals surface area contributed by atoms with Crippen LogP contribution in [0.25, 0.3) is 0 Å². The van der Waals surface area contributed by atoms with Crippen molar-refractivity contribution in [2.45, 2.75) is 38.2 Å². The molecular formula is C25H23NO5. The molecule has 0 atom stereocenters. The summed E-state index contributed by atoms with van der Waals surface area (Å²) in [6.07, 6.45) is 2.66. The molecule has 0 saturated heterocycles. The van der Waals surface area contributed by atoms with Crippen molar-refractivity contribution >= 4 is 23.3 Å². The quantitative estimate of drug-likeness (QED) is 0.443. The molecule has 1 amide bonds. The second-order valence-electron chi connectivity index (χ2n) is 7.96. The number of nitrogens with one attached hydrogen (secondary N) is 1. The van der Waals surface area contributed by atoms with Crippen LogP contribution < -0.4 is 5.32 Å². The number of furan rings is 1. The fourth-order valence-electron chi connectivity index (χ4n) is 3.53. The summed E-state index contributed by atoms with van der Waals surface area (Å²) in [5, 5.41) is 2.72. The minimum atomic E-state index is -0.653. The molecule has 0 radical (unpaired) electrons. The molecule has 0 aliphatic heterocycles. The molecule has 1 fully saturated rings. The van der Waals surface area contributed by atoms with Gasteiger partial charge in [0.1, 0.15) is 0 Å². The first-order valence-corrected chi connectivity index (χ1v) is 10.2. The zero-order valence-electron chi connectivity index (χ0n) is 17.4. The molecule has 1 heterocycles. The SMILES string of the molecule is CC(C)OC(=O)C1(c2cccc(C(=O)c3cccc(NC(=O)c4ccco4)c3)c2)CC1. The zero-order chi connectivity index (χ0) is 22.0. The Labute approximate surface area is 180 Å². The number of hydrogen-bond acceptors (Lipinski definition) is 5. The molecule has 0 spiro atoms. The Kier molecular flexibility index (Phi) is 5.46. The summed E-state index contributed by atoms with van der Waals surface area (Å²) in [6, 6.07) is 17.1. The highest BCUT2D eigenvalue weighted by molar-refractivity contribution is 6.10. The third kappa shape index (κ3) is 4.28. The summed E-state index contributed by atoms with van der Waals surface area (Å²) in [4.78, 5) is 37.9. The Balaban J connectivity index is 1.55. The van der Waals surface area contributed by atoms with Crippen LogP contribution in [0.5, 0.6) is 0 Å². The molecule has 6 heteroatoms. The van der Waals surface area contributed by atoms with Crippen LogP contribution in [0.3, 0.4) is 0 Å². The van der Waals surface area contributed by atoms with Crippen LogP contribution in [0.1, 0.15) is 58.7 Å². The third-order valence-corrected chi connectivity index (χ3v) is 5.29. The summed E-state index contributed by atoms with van der Waals surface area (Å²) < 4.78 is 10.5. The maximum Gasteiger partial charge on any atom is 0.316 e. The van der Waals surface area contributed by atoms with Gasteiger partial charge in [0, 0.05) is 16.8 Å². The predicted octanol–water partition coefficient (Wildman–Crippen LogP) is 4.75. The van der Waals surface area contributed by atoms with E-state index in [4.69, 9.17) is 9.15 Å². The van der Waals surface area contributed by atoms with Crippen molar-refractivity contribution in [1.82, 2.24) is 0 Å². The number of benzene rings is 2. The van der Waals surface area contributed by atoms with E-state index in [0.717, 1.165) is 5.56 Å². The van der Waals surface area contributed by atoms with Crippen LogP contribution in [-0.2, 0) is 14.9 Å². The molecule has 1 aliphatic rings. The number of ether oxygens (including phenoxy) is 1. The van der Waals surface area contributed by atoms with Crippen molar-refractivity contribution in [1.29, 1.82) is 0 Å². The highest BCUT2D eigenvalue weighted by atomic mass is 16.5. The van der Waals surface area contributed by atoms with E-state index in [1.165, 1.54) is 6.26 Å². The van der Waals surface area contributed by atoms with E-state index < -0.39 is 11.3 Å². The van der Waals surface area contributed by atoms with Gasteiger partial charge in [0.25, 0.3) is 5.91 Å². The maximum atomic E-state index is 13.1. The predicted molar refractivity (Wildman–Crippen MR) is 115 cm³/mol. The Morgan fingerprint density at radius 2 is 1.68 bits per heavy atom. The maximum absolute atomic E-state index is 13.1. The normalized spacial score (nSPS) is 14.2. The number of esters is 1. The molecule has 1 saturated carbocycles. The number of rotatable bonds is 7. The van der Waals surface area contributed by atoms with Crippen molar-refractivity contribution in [2.24, 2.45) is 0 Å². The summed E-state index contributed by atoms with van der Waals surface area (Å²) >= 11 is 0. The summed E-state index contributed by atoms with van der Waals surface area (Å²) in [5.41, 5.74) is 1.55. The number of carbonyl (C=O) groups excluding carboxylic acids is 3. The monoisotopic (exact) mass is 417 g/mol. The average Bonchev–Trinajstić information content (AvgIpc) is 3.39. The summed E-state index contributed by atoms with van der Waals surface area (Å²) in [5.74, 6) is -0.637. The minimum Gasteiger partial charge on any atom is -0.462 e. The van der Waals surface area contributed by atoms with Gasteiger partial charge < -0.3 is 14.5 Å². The number of anilines is 1. The lowest BCUT2D eigenvalue weighted by molar-refractivity contribution is -0.150. The molecule has 2 aromatic carbocycles. The topological polar surface area (TPSA) is 85.6 Å². The van der Waals surface area contributed by atoms with Gasteiger partial charge in [-0.05, 0) is 62.6 Å². The van der Waals surface area contributed by atoms with Gasteiger partial charge in [-0.1, -0.05) is 30.3 Å². The summed E-state index contributed by atoms with van der Waals surface area (Å²) in [7, 11) is 0. The fraction of sp³-hybridized carbons (Fsp3) is 0.240. The van der Waals surface area contributed by atoms with E-state index in [0.29, 0.717) is 29.7 Å². The molecule has 1 N–H and O–H groups in total. The van der Waals surface area contributed by atoms with Gasteiger partial charge in [-0.25, -0.2) is 0 Å². The highest BCUT2D eigenvalue weighted by Crippen LogP contribution is 2.49. The van der Waals surface area contributed by atoms with Gasteiger partial charge in [-0.2, -0.15) is 0 Å². The van der Waals surface area contributed by atoms with Crippen LogP contribution >= 0.6 is 0 Å². The van der Waals surface area contributed by atoms with Crippen LogP contribution in [-0.4, -0.2) is 23.8 Å². The lowest BCUT2D eigenvalue weighted by Gasteiger charge is -2.17. The second-order valence-corrected chi connectivity index (χ2v) is 7.96. The first-order chi connectivity index (χ1) is 14.9. The van der Waals surface area contributed by atoms with E-state index in [2.05, 4.69) is 5.32 Å². The van der Waals surface area contributed by atoms with Crippen molar-refractivity contribution in [3.8, 4) is 0 Å². The average molecular weight is 417 g/mol. The lowest BCUT2D eigenvalue weighted by Crippen LogP contribution is -2.26. The van der Waals surface area contributed by atoms with Gasteiger partial charge in [0.05, 0.1) is 17.8 Å². The lowest BCUT2D eigenvalue weighted by atomic mass is 9.92. The van der Waals surface area contributed by atoms with Crippen molar-refractivity contribution < 1.29 is 23.5 Å². The van der Waals surface area contributed by atoms with Crippen molar-refractivity contribution in [2.75, 3.05) is 5.32 Å². The minimum absolute atomic E-state index is 0.186. The molecule has 3 aromatic rings. The van der Waals surface area contributed by atoms with Gasteiger partial charge in [-0.15, -0.1) is 0 Å². The molecule has 1 aromatic heterocycles.